The van der Waals surface area contributed by atoms with Crippen LogP contribution in [0, 0.1) is 6.33 Å². The van der Waals surface area contributed by atoms with E-state index in [1.165, 1.54) is 0 Å². The van der Waals surface area contributed by atoms with E-state index in [0.29, 0.717) is 11.6 Å². The Kier molecular flexibility index (Phi) is 2.94. The Hall–Kier alpha value is -1.88. The lowest BCUT2D eigenvalue weighted by Gasteiger charge is -2.03. The minimum Gasteiger partial charge on any atom is -0.484 e. The zero-order chi connectivity index (χ0) is 10.5. The Labute approximate surface area is 86.3 Å². The summed E-state index contributed by atoms with van der Waals surface area (Å²) >= 11 is 0. The Bertz CT molecular complexity index is 397. The summed E-state index contributed by atoms with van der Waals surface area (Å²) in [5, 5.41) is 12.2. The van der Waals surface area contributed by atoms with Crippen LogP contribution in [0.5, 0.6) is 5.75 Å². The average Bonchev–Trinajstić information content (AvgIpc) is 2.80. The fourth-order valence-corrected chi connectivity index (χ4v) is 1.06. The fraction of sp³-hybridized carbons (Fsp3) is 0.200. The number of nitrogens with zero attached hydrogens (tertiary/aromatic N) is 2. The van der Waals surface area contributed by atoms with Gasteiger partial charge in [0.25, 0.3) is 5.89 Å². The van der Waals surface area contributed by atoms with E-state index in [9.17, 15) is 0 Å². The van der Waals surface area contributed by atoms with Gasteiger partial charge in [-0.25, -0.2) is 0 Å². The third-order valence-corrected chi connectivity index (χ3v) is 1.83. The van der Waals surface area contributed by atoms with Crippen molar-refractivity contribution in [2.24, 2.45) is 0 Å². The first kappa shape index (κ1) is 9.67. The Balaban J connectivity index is 1.93. The molecule has 0 atom stereocenters. The van der Waals surface area contributed by atoms with E-state index < -0.39 is 0 Å². The molecule has 1 N–H and O–H groups in total. The minimum absolute atomic E-state index is 0.0267. The zero-order valence-corrected chi connectivity index (χ0v) is 7.88. The summed E-state index contributed by atoms with van der Waals surface area (Å²) < 4.78 is 10.1. The predicted molar refractivity (Wildman–Crippen MR) is 49.8 cm³/mol. The van der Waals surface area contributed by atoms with Crippen molar-refractivity contribution in [1.29, 1.82) is 0 Å². The van der Waals surface area contributed by atoms with Crippen LogP contribution in [0.2, 0.25) is 0 Å². The van der Waals surface area contributed by atoms with E-state index in [4.69, 9.17) is 14.4 Å². The Morgan fingerprint density at radius 1 is 1.33 bits per heavy atom. The van der Waals surface area contributed by atoms with Crippen molar-refractivity contribution >= 4 is 0 Å². The van der Waals surface area contributed by atoms with Gasteiger partial charge >= 0.3 is 0 Å². The van der Waals surface area contributed by atoms with Gasteiger partial charge < -0.3 is 14.4 Å². The van der Waals surface area contributed by atoms with E-state index in [-0.39, 0.29) is 13.2 Å². The summed E-state index contributed by atoms with van der Waals surface area (Å²) in [6, 6.07) is 7.11. The molecular weight excluding hydrogens is 196 g/mol. The molecule has 0 aliphatic carbocycles. The lowest BCUT2D eigenvalue weighted by molar-refractivity contribution is 0.242. The first-order chi connectivity index (χ1) is 7.38. The number of ether oxygens (including phenoxy) is 1. The molecule has 5 nitrogen and oxygen atoms in total. The zero-order valence-electron chi connectivity index (χ0n) is 7.88. The smallest absolute Gasteiger partial charge is 0.264 e. The summed E-state index contributed by atoms with van der Waals surface area (Å²) in [5.74, 6) is 1.06. The van der Waals surface area contributed by atoms with Crippen molar-refractivity contribution in [3.63, 3.8) is 0 Å². The molecule has 0 saturated carbocycles. The molecule has 15 heavy (non-hydrogen) atoms. The number of rotatable bonds is 4. The van der Waals surface area contributed by atoms with Crippen LogP contribution in [0.4, 0.5) is 0 Å². The number of hydrogen-bond donors (Lipinski definition) is 1. The van der Waals surface area contributed by atoms with Gasteiger partial charge in [0.05, 0.1) is 6.61 Å². The normalized spacial score (nSPS) is 10.2. The van der Waals surface area contributed by atoms with E-state index in [1.807, 2.05) is 0 Å². The maximum atomic E-state index is 8.83. The van der Waals surface area contributed by atoms with Gasteiger partial charge in [-0.3, -0.25) is 0 Å². The van der Waals surface area contributed by atoms with Gasteiger partial charge in [0.2, 0.25) is 6.33 Å². The van der Waals surface area contributed by atoms with Gasteiger partial charge in [-0.15, -0.1) is 0 Å². The highest BCUT2D eigenvalue weighted by Gasteiger charge is 2.00. The molecule has 0 fully saturated rings. The van der Waals surface area contributed by atoms with Crippen LogP contribution in [0.1, 0.15) is 11.5 Å². The highest BCUT2D eigenvalue weighted by molar-refractivity contribution is 5.26. The molecular formula is C10H9N2O3. The predicted octanol–water partition coefficient (Wildman–Crippen LogP) is 0.941. The molecule has 77 valence electrons. The van der Waals surface area contributed by atoms with Gasteiger partial charge in [0.1, 0.15) is 5.75 Å². The fourth-order valence-electron chi connectivity index (χ4n) is 1.06. The molecule has 0 aliphatic rings. The van der Waals surface area contributed by atoms with Gasteiger partial charge in [-0.1, -0.05) is 17.3 Å². The SMILES string of the molecule is OCc1ccc(OCc2n[c]no2)cc1. The summed E-state index contributed by atoms with van der Waals surface area (Å²) in [6.45, 7) is 0.244. The van der Waals surface area contributed by atoms with Crippen molar-refractivity contribution in [3.8, 4) is 5.75 Å². The van der Waals surface area contributed by atoms with Crippen molar-refractivity contribution < 1.29 is 14.4 Å². The molecule has 0 saturated heterocycles. The van der Waals surface area contributed by atoms with Crippen molar-refractivity contribution in [2.45, 2.75) is 13.2 Å². The van der Waals surface area contributed by atoms with Crippen LogP contribution in [0.3, 0.4) is 0 Å². The molecule has 1 aromatic carbocycles. The summed E-state index contributed by atoms with van der Waals surface area (Å²) in [7, 11) is 0. The van der Waals surface area contributed by atoms with E-state index in [2.05, 4.69) is 16.5 Å². The van der Waals surface area contributed by atoms with Crippen molar-refractivity contribution in [2.75, 3.05) is 0 Å². The molecule has 2 aromatic rings. The third kappa shape index (κ3) is 2.54. The highest BCUT2D eigenvalue weighted by Crippen LogP contribution is 2.13. The van der Waals surface area contributed by atoms with Crippen LogP contribution >= 0.6 is 0 Å². The van der Waals surface area contributed by atoms with Gasteiger partial charge in [-0.05, 0) is 17.7 Å². The first-order valence-corrected chi connectivity index (χ1v) is 4.40. The quantitative estimate of drug-likeness (QED) is 0.804. The second kappa shape index (κ2) is 4.56. The van der Waals surface area contributed by atoms with E-state index in [1.54, 1.807) is 24.3 Å². The standard InChI is InChI=1S/C10H9N2O3/c13-5-8-1-3-9(4-2-8)14-6-10-11-7-12-15-10/h1-4,13H,5-6H2. The number of aromatic nitrogens is 2. The first-order valence-electron chi connectivity index (χ1n) is 4.40. The van der Waals surface area contributed by atoms with Crippen molar-refractivity contribution in [3.05, 3.63) is 42.0 Å². The van der Waals surface area contributed by atoms with Gasteiger partial charge in [0.15, 0.2) is 6.61 Å². The summed E-state index contributed by atoms with van der Waals surface area (Å²) in [4.78, 5) is 3.70. The second-order valence-corrected chi connectivity index (χ2v) is 2.88. The summed E-state index contributed by atoms with van der Waals surface area (Å²) in [6.07, 6.45) is 2.30. The van der Waals surface area contributed by atoms with Crippen LogP contribution in [0.15, 0.2) is 28.8 Å². The van der Waals surface area contributed by atoms with Crippen molar-refractivity contribution in [1.82, 2.24) is 10.1 Å². The molecule has 1 aromatic heterocycles. The van der Waals surface area contributed by atoms with E-state index in [0.717, 1.165) is 5.56 Å². The topological polar surface area (TPSA) is 68.4 Å². The van der Waals surface area contributed by atoms with Gasteiger partial charge in [-0.2, -0.15) is 4.98 Å². The maximum Gasteiger partial charge on any atom is 0.264 e. The molecule has 0 aliphatic heterocycles. The van der Waals surface area contributed by atoms with Crippen LogP contribution in [0.25, 0.3) is 0 Å². The molecule has 0 unspecified atom stereocenters. The van der Waals surface area contributed by atoms with Crippen LogP contribution in [-0.2, 0) is 13.2 Å². The van der Waals surface area contributed by atoms with E-state index >= 15 is 0 Å². The molecule has 1 radical (unpaired) electrons. The second-order valence-electron chi connectivity index (χ2n) is 2.88. The van der Waals surface area contributed by atoms with Crippen LogP contribution in [-0.4, -0.2) is 15.2 Å². The Morgan fingerprint density at radius 3 is 2.73 bits per heavy atom. The lowest BCUT2D eigenvalue weighted by atomic mass is 10.2. The minimum atomic E-state index is 0.0267. The number of aliphatic hydroxyl groups excluding tert-OH is 1. The average molecular weight is 205 g/mol. The number of hydrogen-bond acceptors (Lipinski definition) is 5. The molecule has 0 spiro atoms. The molecule has 0 bridgehead atoms. The largest absolute Gasteiger partial charge is 0.484 e. The molecule has 2 rings (SSSR count). The number of aliphatic hydroxyl groups is 1. The lowest BCUT2D eigenvalue weighted by Crippen LogP contribution is -1.95. The molecule has 5 heteroatoms. The van der Waals surface area contributed by atoms with Gasteiger partial charge in [0, 0.05) is 0 Å². The maximum absolute atomic E-state index is 8.83. The monoisotopic (exact) mass is 205 g/mol. The number of benzene rings is 1. The third-order valence-electron chi connectivity index (χ3n) is 1.83. The molecule has 0 amide bonds. The Morgan fingerprint density at radius 2 is 2.13 bits per heavy atom. The molecule has 1 heterocycles. The summed E-state index contributed by atoms with van der Waals surface area (Å²) in [5.41, 5.74) is 0.841. The highest BCUT2D eigenvalue weighted by atomic mass is 16.5. The van der Waals surface area contributed by atoms with Crippen LogP contribution < -0.4 is 4.74 Å².